The van der Waals surface area contributed by atoms with Crippen LogP contribution < -0.4 is 15.2 Å². The largest absolute Gasteiger partial charge is 0.489 e. The van der Waals surface area contributed by atoms with Crippen molar-refractivity contribution in [2.45, 2.75) is 44.4 Å². The fraction of sp³-hybridized carbons (Fsp3) is 0.222. The highest BCUT2D eigenvalue weighted by Gasteiger charge is 2.47. The number of anilines is 1. The van der Waals surface area contributed by atoms with E-state index in [0.717, 1.165) is 47.4 Å². The lowest BCUT2D eigenvalue weighted by atomic mass is 10.0. The van der Waals surface area contributed by atoms with Gasteiger partial charge in [0.25, 0.3) is 0 Å². The molecule has 1 aliphatic rings. The lowest BCUT2D eigenvalue weighted by molar-refractivity contribution is -0.137. The van der Waals surface area contributed by atoms with Crippen molar-refractivity contribution in [2.75, 3.05) is 12.3 Å². The van der Waals surface area contributed by atoms with Gasteiger partial charge in [-0.1, -0.05) is 73.3 Å². The molecule has 0 spiro atoms. The zero-order valence-electron chi connectivity index (χ0n) is 24.4. The van der Waals surface area contributed by atoms with Crippen molar-refractivity contribution in [1.82, 2.24) is 4.90 Å². The van der Waals surface area contributed by atoms with Gasteiger partial charge in [-0.15, -0.1) is 0 Å². The van der Waals surface area contributed by atoms with Gasteiger partial charge in [0.1, 0.15) is 23.9 Å². The van der Waals surface area contributed by atoms with Crippen LogP contribution in [0, 0.1) is 0 Å². The molecule has 226 valence electrons. The van der Waals surface area contributed by atoms with Crippen molar-refractivity contribution in [1.29, 1.82) is 0 Å². The van der Waals surface area contributed by atoms with Crippen LogP contribution in [0.25, 0.3) is 5.76 Å². The Labute approximate surface area is 257 Å². The highest BCUT2D eigenvalue weighted by atomic mass is 16.5. The third kappa shape index (κ3) is 7.65. The van der Waals surface area contributed by atoms with Gasteiger partial charge in [-0.05, 0) is 72.8 Å². The summed E-state index contributed by atoms with van der Waals surface area (Å²) >= 11 is 0. The summed E-state index contributed by atoms with van der Waals surface area (Å²) in [5.41, 5.74) is 10.8. The Hall–Kier alpha value is -5.08. The van der Waals surface area contributed by atoms with Gasteiger partial charge in [-0.3, -0.25) is 9.69 Å². The monoisotopic (exact) mass is 592 g/mol. The summed E-state index contributed by atoms with van der Waals surface area (Å²) in [7, 11) is 0. The van der Waals surface area contributed by atoms with Crippen molar-refractivity contribution in [3.63, 3.8) is 0 Å². The summed E-state index contributed by atoms with van der Waals surface area (Å²) in [6.07, 6.45) is 2.29. The van der Waals surface area contributed by atoms with Crippen molar-refractivity contribution in [2.24, 2.45) is 0 Å². The van der Waals surface area contributed by atoms with E-state index >= 15 is 0 Å². The second-order valence-corrected chi connectivity index (χ2v) is 10.9. The first-order valence-corrected chi connectivity index (χ1v) is 14.6. The van der Waals surface area contributed by atoms with Crippen LogP contribution in [0.15, 0.2) is 104 Å². The van der Waals surface area contributed by atoms with Crippen LogP contribution in [0.5, 0.6) is 11.5 Å². The topological polar surface area (TPSA) is 122 Å². The van der Waals surface area contributed by atoms with Gasteiger partial charge < -0.3 is 25.4 Å². The number of carbonyl (C=O) groups is 2. The lowest BCUT2D eigenvalue weighted by Crippen LogP contribution is -2.08. The number of unbranched alkanes of at least 4 members (excludes halogenated alkanes) is 1. The van der Waals surface area contributed by atoms with E-state index in [-0.39, 0.29) is 24.1 Å². The van der Waals surface area contributed by atoms with Gasteiger partial charge in [0, 0.05) is 18.0 Å². The molecule has 5 rings (SSSR count). The molecular weight excluding hydrogens is 556 g/mol. The molecule has 0 radical (unpaired) electrons. The number of benzene rings is 4. The smallest absolute Gasteiger partial charge is 0.335 e. The van der Waals surface area contributed by atoms with Crippen LogP contribution >= 0.6 is 0 Å². The second-order valence-electron chi connectivity index (χ2n) is 10.9. The van der Waals surface area contributed by atoms with E-state index in [4.69, 9.17) is 20.3 Å². The van der Waals surface area contributed by atoms with E-state index in [1.54, 1.807) is 24.3 Å². The highest BCUT2D eigenvalue weighted by Crippen LogP contribution is 2.46. The van der Waals surface area contributed by atoms with Gasteiger partial charge in [-0.25, -0.2) is 4.79 Å². The van der Waals surface area contributed by atoms with Crippen LogP contribution in [-0.4, -0.2) is 39.6 Å². The van der Waals surface area contributed by atoms with Crippen LogP contribution in [0.4, 0.5) is 5.69 Å². The summed E-state index contributed by atoms with van der Waals surface area (Å²) < 4.78 is 12.1. The molecule has 0 aliphatic carbocycles. The van der Waals surface area contributed by atoms with E-state index in [1.807, 2.05) is 66.7 Å². The number of nitrogens with two attached hydrogens (primary N) is 1. The van der Waals surface area contributed by atoms with E-state index in [1.165, 1.54) is 0 Å². The summed E-state index contributed by atoms with van der Waals surface area (Å²) in [6, 6.07) is 30.5. The highest BCUT2D eigenvalue weighted by molar-refractivity contribution is 5.87. The Balaban J connectivity index is 1.22. The maximum absolute atomic E-state index is 11.3. The standard InChI is InChI=1S/C36H36N2O6/c1-24(44-33-11-5-3-9-30(33)37)26-15-13-25(14-16-26)23-43-32-10-4-2-8-29(32)22-31-35(38(31)21-7-6-12-34(39)40)27-17-19-28(20-18-27)36(41)42/h2-5,8-11,13-20,31,35H,1,6-7,12,21-23,37H2,(H,39,40)(H,41,42). The summed E-state index contributed by atoms with van der Waals surface area (Å²) in [5, 5.41) is 18.3. The minimum atomic E-state index is -0.953. The Bertz CT molecular complexity index is 1620. The molecule has 0 bridgehead atoms. The van der Waals surface area contributed by atoms with Crippen molar-refractivity contribution >= 4 is 23.4 Å². The van der Waals surface area contributed by atoms with Crippen LogP contribution in [0.2, 0.25) is 0 Å². The molecule has 1 fully saturated rings. The summed E-state index contributed by atoms with van der Waals surface area (Å²) in [5.74, 6) is 0.136. The molecular formula is C36H36N2O6. The average Bonchev–Trinajstić information content (AvgIpc) is 3.71. The predicted octanol–water partition coefficient (Wildman–Crippen LogP) is 6.82. The van der Waals surface area contributed by atoms with Crippen molar-refractivity contribution < 1.29 is 29.3 Å². The van der Waals surface area contributed by atoms with Crippen molar-refractivity contribution in [3.05, 3.63) is 131 Å². The minimum absolute atomic E-state index is 0.129. The number of nitrogen functional groups attached to an aromatic ring is 1. The number of aromatic carboxylic acids is 1. The molecule has 1 saturated heterocycles. The fourth-order valence-electron chi connectivity index (χ4n) is 5.42. The first kappa shape index (κ1) is 30.4. The Kier molecular flexibility index (Phi) is 9.62. The zero-order chi connectivity index (χ0) is 31.1. The van der Waals surface area contributed by atoms with E-state index in [2.05, 4.69) is 17.5 Å². The molecule has 0 saturated carbocycles. The average molecular weight is 593 g/mol. The molecule has 1 aliphatic heterocycles. The molecule has 3 unspecified atom stereocenters. The molecule has 8 nitrogen and oxygen atoms in total. The van der Waals surface area contributed by atoms with Gasteiger partial charge in [0.2, 0.25) is 0 Å². The minimum Gasteiger partial charge on any atom is -0.489 e. The Morgan fingerprint density at radius 3 is 2.16 bits per heavy atom. The molecule has 4 aromatic carbocycles. The quantitative estimate of drug-likeness (QED) is 0.0595. The molecule has 0 aromatic heterocycles. The normalized spacial score (nSPS) is 17.0. The number of aliphatic carboxylic acids is 1. The third-order valence-corrected chi connectivity index (χ3v) is 7.84. The number of carboxylic acid groups (broad SMARTS) is 2. The SMILES string of the molecule is C=C(Oc1ccccc1N)c1ccc(COc2ccccc2CC2C(c3ccc(C(=O)O)cc3)N2CCCCC(=O)O)cc1. The number of nitrogens with zero attached hydrogens (tertiary/aromatic N) is 1. The maximum atomic E-state index is 11.3. The van der Waals surface area contributed by atoms with Gasteiger partial charge in [0.05, 0.1) is 17.3 Å². The number of rotatable bonds is 15. The Morgan fingerprint density at radius 1 is 0.818 bits per heavy atom. The van der Waals surface area contributed by atoms with E-state index in [0.29, 0.717) is 30.2 Å². The first-order chi connectivity index (χ1) is 21.3. The lowest BCUT2D eigenvalue weighted by Gasteiger charge is -2.13. The van der Waals surface area contributed by atoms with Gasteiger partial charge >= 0.3 is 11.9 Å². The maximum Gasteiger partial charge on any atom is 0.335 e. The predicted molar refractivity (Wildman–Crippen MR) is 170 cm³/mol. The molecule has 8 heteroatoms. The second kappa shape index (κ2) is 13.9. The number of para-hydroxylation sites is 3. The van der Waals surface area contributed by atoms with Crippen LogP contribution in [0.1, 0.15) is 57.9 Å². The number of ether oxygens (including phenoxy) is 2. The van der Waals surface area contributed by atoms with Crippen LogP contribution in [-0.2, 0) is 17.8 Å². The summed E-state index contributed by atoms with van der Waals surface area (Å²) in [4.78, 5) is 24.7. The zero-order valence-corrected chi connectivity index (χ0v) is 24.4. The first-order valence-electron chi connectivity index (χ1n) is 14.6. The summed E-state index contributed by atoms with van der Waals surface area (Å²) in [6.45, 7) is 5.20. The van der Waals surface area contributed by atoms with Gasteiger partial charge in [-0.2, -0.15) is 0 Å². The molecule has 44 heavy (non-hydrogen) atoms. The number of hydrogen-bond acceptors (Lipinski definition) is 6. The number of hydrogen-bond donors (Lipinski definition) is 3. The number of carboxylic acids is 2. The molecule has 4 aromatic rings. The van der Waals surface area contributed by atoms with Crippen molar-refractivity contribution in [3.8, 4) is 11.5 Å². The fourth-order valence-corrected chi connectivity index (χ4v) is 5.42. The Morgan fingerprint density at radius 2 is 1.48 bits per heavy atom. The van der Waals surface area contributed by atoms with E-state index in [9.17, 15) is 14.7 Å². The van der Waals surface area contributed by atoms with Crippen LogP contribution in [0.3, 0.4) is 0 Å². The molecule has 1 heterocycles. The molecule has 4 N–H and O–H groups in total. The third-order valence-electron chi connectivity index (χ3n) is 7.84. The van der Waals surface area contributed by atoms with Gasteiger partial charge in [0.15, 0.2) is 0 Å². The van der Waals surface area contributed by atoms with E-state index < -0.39 is 11.9 Å². The molecule has 3 atom stereocenters. The molecule has 0 amide bonds.